The Kier molecular flexibility index (Phi) is 5.13. The van der Waals surface area contributed by atoms with E-state index >= 15 is 0 Å². The van der Waals surface area contributed by atoms with Gasteiger partial charge in [0.25, 0.3) is 5.91 Å². The van der Waals surface area contributed by atoms with Gasteiger partial charge in [0.15, 0.2) is 0 Å². The number of hydrogen-bond donors (Lipinski definition) is 2. The fourth-order valence-corrected chi connectivity index (χ4v) is 2.06. The summed E-state index contributed by atoms with van der Waals surface area (Å²) in [5.74, 6) is 5.61. The molecular formula is C15H20N4O. The predicted molar refractivity (Wildman–Crippen MR) is 78.9 cm³/mol. The van der Waals surface area contributed by atoms with Crippen LogP contribution >= 0.6 is 0 Å². The van der Waals surface area contributed by atoms with E-state index in [1.165, 1.54) is 0 Å². The fraction of sp³-hybridized carbons (Fsp3) is 0.400. The summed E-state index contributed by atoms with van der Waals surface area (Å²) in [5.41, 5.74) is 9.62. The molecule has 0 aliphatic carbocycles. The summed E-state index contributed by atoms with van der Waals surface area (Å²) < 4.78 is 0. The minimum atomic E-state index is -0.114. The van der Waals surface area contributed by atoms with Crippen LogP contribution in [0.5, 0.6) is 0 Å². The average Bonchev–Trinajstić information content (AvgIpc) is 2.47. The Morgan fingerprint density at radius 2 is 2.00 bits per heavy atom. The number of hydrogen-bond acceptors (Lipinski definition) is 4. The third-order valence-corrected chi connectivity index (χ3v) is 3.26. The van der Waals surface area contributed by atoms with Gasteiger partial charge >= 0.3 is 0 Å². The Labute approximate surface area is 119 Å². The second-order valence-electron chi connectivity index (χ2n) is 4.78. The molecule has 1 amide bonds. The first-order valence-corrected chi connectivity index (χ1v) is 6.73. The Morgan fingerprint density at radius 1 is 1.30 bits per heavy atom. The van der Waals surface area contributed by atoms with Crippen LogP contribution in [0.2, 0.25) is 0 Å². The second kappa shape index (κ2) is 7.06. The SMILES string of the molecule is CN1CCN(NC(=O)c2ccccc2C#CCN)CC1. The van der Waals surface area contributed by atoms with Crippen LogP contribution in [0.4, 0.5) is 0 Å². The lowest BCUT2D eigenvalue weighted by molar-refractivity contribution is 0.0662. The largest absolute Gasteiger partial charge is 0.320 e. The molecule has 1 fully saturated rings. The van der Waals surface area contributed by atoms with Crippen LogP contribution in [0.15, 0.2) is 24.3 Å². The van der Waals surface area contributed by atoms with Crippen LogP contribution in [0.1, 0.15) is 15.9 Å². The average molecular weight is 272 g/mol. The van der Waals surface area contributed by atoms with E-state index in [4.69, 9.17) is 5.73 Å². The highest BCUT2D eigenvalue weighted by atomic mass is 16.2. The highest BCUT2D eigenvalue weighted by molar-refractivity contribution is 5.96. The van der Waals surface area contributed by atoms with E-state index in [1.807, 2.05) is 23.2 Å². The Morgan fingerprint density at radius 3 is 2.70 bits per heavy atom. The number of likely N-dealkylation sites (N-methyl/N-ethyl adjacent to an activating group) is 1. The van der Waals surface area contributed by atoms with Gasteiger partial charge in [-0.25, -0.2) is 5.01 Å². The molecule has 5 nitrogen and oxygen atoms in total. The summed E-state index contributed by atoms with van der Waals surface area (Å²) >= 11 is 0. The van der Waals surface area contributed by atoms with Gasteiger partial charge < -0.3 is 10.6 Å². The van der Waals surface area contributed by atoms with E-state index in [2.05, 4.69) is 29.2 Å². The summed E-state index contributed by atoms with van der Waals surface area (Å²) in [4.78, 5) is 14.6. The van der Waals surface area contributed by atoms with Crippen molar-refractivity contribution in [3.63, 3.8) is 0 Å². The maximum atomic E-state index is 12.3. The number of nitrogens with one attached hydrogen (secondary N) is 1. The van der Waals surface area contributed by atoms with Gasteiger partial charge in [-0.05, 0) is 19.2 Å². The molecule has 1 saturated heterocycles. The monoisotopic (exact) mass is 272 g/mol. The van der Waals surface area contributed by atoms with Gasteiger partial charge in [-0.15, -0.1) is 0 Å². The van der Waals surface area contributed by atoms with Crippen molar-refractivity contribution in [3.8, 4) is 11.8 Å². The number of rotatable bonds is 2. The van der Waals surface area contributed by atoms with Crippen molar-refractivity contribution in [1.29, 1.82) is 0 Å². The fourth-order valence-electron chi connectivity index (χ4n) is 2.06. The maximum absolute atomic E-state index is 12.3. The first-order chi connectivity index (χ1) is 9.70. The number of nitrogens with zero attached hydrogens (tertiary/aromatic N) is 2. The lowest BCUT2D eigenvalue weighted by atomic mass is 10.1. The number of carbonyl (C=O) groups is 1. The second-order valence-corrected chi connectivity index (χ2v) is 4.78. The van der Waals surface area contributed by atoms with Gasteiger partial charge in [0, 0.05) is 31.7 Å². The zero-order valence-corrected chi connectivity index (χ0v) is 11.7. The van der Waals surface area contributed by atoms with Crippen molar-refractivity contribution in [2.45, 2.75) is 0 Å². The molecular weight excluding hydrogens is 252 g/mol. The summed E-state index contributed by atoms with van der Waals surface area (Å²) in [6.07, 6.45) is 0. The quantitative estimate of drug-likeness (QED) is 0.738. The molecule has 20 heavy (non-hydrogen) atoms. The molecule has 0 spiro atoms. The van der Waals surface area contributed by atoms with Crippen LogP contribution in [0, 0.1) is 11.8 Å². The number of nitrogens with two attached hydrogens (primary N) is 1. The van der Waals surface area contributed by atoms with Crippen LogP contribution in [-0.2, 0) is 0 Å². The van der Waals surface area contributed by atoms with E-state index in [0.717, 1.165) is 26.2 Å². The third kappa shape index (κ3) is 3.81. The first-order valence-electron chi connectivity index (χ1n) is 6.73. The highest BCUT2D eigenvalue weighted by Gasteiger charge is 2.17. The minimum absolute atomic E-state index is 0.114. The van der Waals surface area contributed by atoms with E-state index < -0.39 is 0 Å². The lowest BCUT2D eigenvalue weighted by Gasteiger charge is -2.32. The molecule has 1 aromatic rings. The number of benzene rings is 1. The van der Waals surface area contributed by atoms with Gasteiger partial charge in [0.05, 0.1) is 12.1 Å². The molecule has 0 radical (unpaired) electrons. The van der Waals surface area contributed by atoms with Crippen molar-refractivity contribution in [2.75, 3.05) is 39.8 Å². The van der Waals surface area contributed by atoms with E-state index in [0.29, 0.717) is 11.1 Å². The van der Waals surface area contributed by atoms with E-state index in [9.17, 15) is 4.79 Å². The van der Waals surface area contributed by atoms with Crippen LogP contribution in [-0.4, -0.2) is 55.6 Å². The standard InChI is InChI=1S/C15H20N4O/c1-18-9-11-19(12-10-18)17-15(20)14-7-3-2-5-13(14)6-4-8-16/h2-3,5,7H,8-12,16H2,1H3,(H,17,20). The normalized spacial score (nSPS) is 16.3. The number of hydrazine groups is 1. The summed E-state index contributed by atoms with van der Waals surface area (Å²) in [6.45, 7) is 3.86. The van der Waals surface area contributed by atoms with Crippen molar-refractivity contribution < 1.29 is 4.79 Å². The molecule has 3 N–H and O–H groups in total. The molecule has 1 aliphatic heterocycles. The molecule has 106 valence electrons. The van der Waals surface area contributed by atoms with E-state index in [1.54, 1.807) is 6.07 Å². The van der Waals surface area contributed by atoms with Gasteiger partial charge in [-0.3, -0.25) is 10.2 Å². The van der Waals surface area contributed by atoms with Crippen LogP contribution in [0.25, 0.3) is 0 Å². The zero-order chi connectivity index (χ0) is 14.4. The van der Waals surface area contributed by atoms with Crippen LogP contribution in [0.3, 0.4) is 0 Å². The van der Waals surface area contributed by atoms with Crippen molar-refractivity contribution in [2.24, 2.45) is 5.73 Å². The number of carbonyl (C=O) groups excluding carboxylic acids is 1. The van der Waals surface area contributed by atoms with Crippen molar-refractivity contribution >= 4 is 5.91 Å². The maximum Gasteiger partial charge on any atom is 0.266 e. The number of amides is 1. The van der Waals surface area contributed by atoms with Gasteiger partial charge in [0.2, 0.25) is 0 Å². The number of piperazine rings is 1. The van der Waals surface area contributed by atoms with Gasteiger partial charge in [-0.2, -0.15) is 0 Å². The Balaban J connectivity index is 2.05. The van der Waals surface area contributed by atoms with E-state index in [-0.39, 0.29) is 12.5 Å². The smallest absolute Gasteiger partial charge is 0.266 e. The molecule has 2 rings (SSSR count). The summed E-state index contributed by atoms with van der Waals surface area (Å²) in [7, 11) is 2.08. The molecule has 1 heterocycles. The van der Waals surface area contributed by atoms with Crippen molar-refractivity contribution in [1.82, 2.24) is 15.3 Å². The first kappa shape index (κ1) is 14.5. The van der Waals surface area contributed by atoms with Crippen molar-refractivity contribution in [3.05, 3.63) is 35.4 Å². The summed E-state index contributed by atoms with van der Waals surface area (Å²) in [5, 5.41) is 1.95. The topological polar surface area (TPSA) is 61.6 Å². The highest BCUT2D eigenvalue weighted by Crippen LogP contribution is 2.08. The molecule has 0 aromatic heterocycles. The lowest BCUT2D eigenvalue weighted by Crippen LogP contribution is -2.52. The van der Waals surface area contributed by atoms with Gasteiger partial charge in [-0.1, -0.05) is 24.0 Å². The third-order valence-electron chi connectivity index (χ3n) is 3.26. The molecule has 5 heteroatoms. The molecule has 0 saturated carbocycles. The molecule has 0 bridgehead atoms. The Bertz CT molecular complexity index is 524. The molecule has 1 aromatic carbocycles. The molecule has 1 aliphatic rings. The van der Waals surface area contributed by atoms with Crippen LogP contribution < -0.4 is 11.2 Å². The zero-order valence-electron chi connectivity index (χ0n) is 11.7. The summed E-state index contributed by atoms with van der Waals surface area (Å²) in [6, 6.07) is 7.33. The predicted octanol–water partition coefficient (Wildman–Crippen LogP) is -0.111. The minimum Gasteiger partial charge on any atom is -0.320 e. The van der Waals surface area contributed by atoms with Gasteiger partial charge in [0.1, 0.15) is 0 Å². The molecule has 0 unspecified atom stereocenters. The Hall–Kier alpha value is -1.87. The molecule has 0 atom stereocenters.